The second-order valence-corrected chi connectivity index (χ2v) is 5.87. The van der Waals surface area contributed by atoms with Crippen LogP contribution in [0.25, 0.3) is 0 Å². The maximum atomic E-state index is 6.28. The van der Waals surface area contributed by atoms with Crippen molar-refractivity contribution in [2.75, 3.05) is 26.3 Å². The van der Waals surface area contributed by atoms with Gasteiger partial charge in [-0.25, -0.2) is 0 Å². The number of rotatable bonds is 5. The summed E-state index contributed by atoms with van der Waals surface area (Å²) >= 11 is 0. The molecular weight excluding hydrogens is 228 g/mol. The van der Waals surface area contributed by atoms with Gasteiger partial charge >= 0.3 is 0 Å². The van der Waals surface area contributed by atoms with E-state index in [4.69, 9.17) is 15.2 Å². The van der Waals surface area contributed by atoms with Crippen molar-refractivity contribution in [2.45, 2.75) is 63.8 Å². The van der Waals surface area contributed by atoms with Crippen LogP contribution in [0.4, 0.5) is 0 Å². The summed E-state index contributed by atoms with van der Waals surface area (Å²) in [4.78, 5) is 2.46. The third kappa shape index (κ3) is 3.92. The highest BCUT2D eigenvalue weighted by molar-refractivity contribution is 4.83. The maximum Gasteiger partial charge on any atom is 0.0853 e. The quantitative estimate of drug-likeness (QED) is 0.807. The fraction of sp³-hybridized carbons (Fsp3) is 1.00. The number of nitrogens with two attached hydrogens (primary N) is 1. The third-order valence-corrected chi connectivity index (χ3v) is 4.18. The van der Waals surface area contributed by atoms with Gasteiger partial charge in [0.1, 0.15) is 0 Å². The SMILES string of the molecule is CC(C)N1CCOC(C(N)CCC2CCCO2)C1. The molecule has 4 heteroatoms. The highest BCUT2D eigenvalue weighted by atomic mass is 16.5. The van der Waals surface area contributed by atoms with Crippen molar-refractivity contribution >= 4 is 0 Å². The minimum atomic E-state index is 0.149. The van der Waals surface area contributed by atoms with Crippen LogP contribution in [-0.2, 0) is 9.47 Å². The van der Waals surface area contributed by atoms with E-state index in [0.717, 1.165) is 39.1 Å². The molecule has 2 rings (SSSR count). The molecule has 18 heavy (non-hydrogen) atoms. The largest absolute Gasteiger partial charge is 0.378 e. The first-order chi connectivity index (χ1) is 8.66. The Bertz CT molecular complexity index is 242. The number of hydrogen-bond donors (Lipinski definition) is 1. The van der Waals surface area contributed by atoms with E-state index in [1.807, 2.05) is 0 Å². The molecule has 2 N–H and O–H groups in total. The Morgan fingerprint density at radius 3 is 2.78 bits per heavy atom. The molecule has 0 aromatic heterocycles. The molecule has 0 amide bonds. The van der Waals surface area contributed by atoms with E-state index < -0.39 is 0 Å². The van der Waals surface area contributed by atoms with E-state index in [2.05, 4.69) is 18.7 Å². The monoisotopic (exact) mass is 256 g/mol. The van der Waals surface area contributed by atoms with Gasteiger partial charge in [-0.15, -0.1) is 0 Å². The van der Waals surface area contributed by atoms with Crippen LogP contribution < -0.4 is 5.73 Å². The number of nitrogens with zero attached hydrogens (tertiary/aromatic N) is 1. The van der Waals surface area contributed by atoms with Crippen LogP contribution in [0.5, 0.6) is 0 Å². The Morgan fingerprint density at radius 2 is 2.11 bits per heavy atom. The Morgan fingerprint density at radius 1 is 1.28 bits per heavy atom. The van der Waals surface area contributed by atoms with Crippen molar-refractivity contribution in [2.24, 2.45) is 5.73 Å². The summed E-state index contributed by atoms with van der Waals surface area (Å²) in [7, 11) is 0. The summed E-state index contributed by atoms with van der Waals surface area (Å²) in [5.41, 5.74) is 6.28. The Hall–Kier alpha value is -0.160. The van der Waals surface area contributed by atoms with Crippen molar-refractivity contribution < 1.29 is 9.47 Å². The zero-order valence-corrected chi connectivity index (χ0v) is 11.8. The van der Waals surface area contributed by atoms with E-state index in [-0.39, 0.29) is 12.1 Å². The zero-order valence-electron chi connectivity index (χ0n) is 11.8. The summed E-state index contributed by atoms with van der Waals surface area (Å²) in [6.07, 6.45) is 5.16. The molecule has 2 aliphatic heterocycles. The highest BCUT2D eigenvalue weighted by Gasteiger charge is 2.27. The second kappa shape index (κ2) is 6.85. The molecule has 3 atom stereocenters. The lowest BCUT2D eigenvalue weighted by molar-refractivity contribution is -0.0522. The van der Waals surface area contributed by atoms with Crippen molar-refractivity contribution in [3.05, 3.63) is 0 Å². The molecule has 106 valence electrons. The summed E-state index contributed by atoms with van der Waals surface area (Å²) < 4.78 is 11.5. The molecule has 4 nitrogen and oxygen atoms in total. The first kappa shape index (κ1) is 14.3. The minimum Gasteiger partial charge on any atom is -0.378 e. The van der Waals surface area contributed by atoms with Gasteiger partial charge in [0.2, 0.25) is 0 Å². The molecule has 0 aromatic carbocycles. The van der Waals surface area contributed by atoms with Crippen LogP contribution in [0.2, 0.25) is 0 Å². The first-order valence-corrected chi connectivity index (χ1v) is 7.39. The van der Waals surface area contributed by atoms with Crippen LogP contribution in [0.3, 0.4) is 0 Å². The lowest BCUT2D eigenvalue weighted by Crippen LogP contribution is -2.52. The van der Waals surface area contributed by atoms with Crippen LogP contribution in [-0.4, -0.2) is 55.5 Å². The molecule has 2 saturated heterocycles. The van der Waals surface area contributed by atoms with Gasteiger partial charge in [0.15, 0.2) is 0 Å². The van der Waals surface area contributed by atoms with E-state index in [0.29, 0.717) is 12.1 Å². The van der Waals surface area contributed by atoms with Crippen LogP contribution >= 0.6 is 0 Å². The molecule has 2 fully saturated rings. The molecule has 0 aromatic rings. The molecule has 0 radical (unpaired) electrons. The molecule has 2 aliphatic rings. The number of ether oxygens (including phenoxy) is 2. The van der Waals surface area contributed by atoms with Crippen molar-refractivity contribution in [3.8, 4) is 0 Å². The number of hydrogen-bond acceptors (Lipinski definition) is 4. The molecule has 2 heterocycles. The van der Waals surface area contributed by atoms with Gasteiger partial charge in [0, 0.05) is 31.8 Å². The molecule has 3 unspecified atom stereocenters. The third-order valence-electron chi connectivity index (χ3n) is 4.18. The molecule has 0 saturated carbocycles. The maximum absolute atomic E-state index is 6.28. The average Bonchev–Trinajstić information content (AvgIpc) is 2.89. The Balaban J connectivity index is 1.71. The predicted molar refractivity (Wildman–Crippen MR) is 72.6 cm³/mol. The lowest BCUT2D eigenvalue weighted by atomic mass is 10.0. The van der Waals surface area contributed by atoms with E-state index in [9.17, 15) is 0 Å². The zero-order chi connectivity index (χ0) is 13.0. The van der Waals surface area contributed by atoms with Gasteiger partial charge in [-0.3, -0.25) is 4.90 Å². The van der Waals surface area contributed by atoms with E-state index in [1.165, 1.54) is 12.8 Å². The van der Waals surface area contributed by atoms with Crippen molar-refractivity contribution in [1.82, 2.24) is 4.90 Å². The second-order valence-electron chi connectivity index (χ2n) is 5.87. The molecule has 0 bridgehead atoms. The summed E-state index contributed by atoms with van der Waals surface area (Å²) in [5.74, 6) is 0. The molecule has 0 aliphatic carbocycles. The van der Waals surface area contributed by atoms with Crippen LogP contribution in [0, 0.1) is 0 Å². The average molecular weight is 256 g/mol. The van der Waals surface area contributed by atoms with Gasteiger partial charge in [0.25, 0.3) is 0 Å². The van der Waals surface area contributed by atoms with E-state index in [1.54, 1.807) is 0 Å². The normalized spacial score (nSPS) is 32.0. The summed E-state index contributed by atoms with van der Waals surface area (Å²) in [6, 6.07) is 0.734. The Labute approximate surface area is 111 Å². The van der Waals surface area contributed by atoms with Crippen LogP contribution in [0.1, 0.15) is 39.5 Å². The summed E-state index contributed by atoms with van der Waals surface area (Å²) in [5, 5.41) is 0. The molecule has 0 spiro atoms. The fourth-order valence-electron chi connectivity index (χ4n) is 2.86. The van der Waals surface area contributed by atoms with Crippen molar-refractivity contribution in [1.29, 1.82) is 0 Å². The number of morpholine rings is 1. The highest BCUT2D eigenvalue weighted by Crippen LogP contribution is 2.20. The van der Waals surface area contributed by atoms with E-state index >= 15 is 0 Å². The first-order valence-electron chi connectivity index (χ1n) is 7.39. The fourth-order valence-corrected chi connectivity index (χ4v) is 2.86. The van der Waals surface area contributed by atoms with Crippen molar-refractivity contribution in [3.63, 3.8) is 0 Å². The Kier molecular flexibility index (Phi) is 5.42. The van der Waals surface area contributed by atoms with Gasteiger partial charge in [-0.1, -0.05) is 0 Å². The predicted octanol–water partition coefficient (Wildman–Crippen LogP) is 1.38. The summed E-state index contributed by atoms with van der Waals surface area (Å²) in [6.45, 7) is 8.23. The molecular formula is C14H28N2O2. The lowest BCUT2D eigenvalue weighted by Gasteiger charge is -2.38. The topological polar surface area (TPSA) is 47.7 Å². The standard InChI is InChI=1S/C14H28N2O2/c1-11(2)16-7-9-18-14(10-16)13(15)6-5-12-4-3-8-17-12/h11-14H,3-10,15H2,1-2H3. The van der Waals surface area contributed by atoms with Gasteiger partial charge in [0.05, 0.1) is 18.8 Å². The van der Waals surface area contributed by atoms with Gasteiger partial charge < -0.3 is 15.2 Å². The minimum absolute atomic E-state index is 0.149. The van der Waals surface area contributed by atoms with Crippen LogP contribution in [0.15, 0.2) is 0 Å². The smallest absolute Gasteiger partial charge is 0.0853 e. The van der Waals surface area contributed by atoms with Gasteiger partial charge in [-0.2, -0.15) is 0 Å². The van der Waals surface area contributed by atoms with Gasteiger partial charge in [-0.05, 0) is 39.5 Å².